The molecule has 3 heterocycles. The lowest BCUT2D eigenvalue weighted by molar-refractivity contribution is 0.902. The van der Waals surface area contributed by atoms with E-state index < -0.39 is 0 Å². The van der Waals surface area contributed by atoms with E-state index in [1.807, 2.05) is 19.1 Å². The summed E-state index contributed by atoms with van der Waals surface area (Å²) < 4.78 is 1.74. The Morgan fingerprint density at radius 3 is 2.88 bits per heavy atom. The fourth-order valence-electron chi connectivity index (χ4n) is 1.61. The van der Waals surface area contributed by atoms with Gasteiger partial charge in [-0.1, -0.05) is 11.6 Å². The SMILES string of the molecule is Cc1ccc2ncc(-c3cc(Cl)ncn3)n2n1. The Morgan fingerprint density at radius 2 is 2.06 bits per heavy atom. The minimum absolute atomic E-state index is 0.401. The minimum atomic E-state index is 0.401. The molecule has 0 aliphatic heterocycles. The molecule has 0 unspecified atom stereocenters. The van der Waals surface area contributed by atoms with Gasteiger partial charge in [0.05, 0.1) is 17.6 Å². The van der Waals surface area contributed by atoms with Crippen LogP contribution in [0.1, 0.15) is 5.69 Å². The monoisotopic (exact) mass is 245 g/mol. The van der Waals surface area contributed by atoms with Gasteiger partial charge in [-0.05, 0) is 19.1 Å². The second-order valence-electron chi connectivity index (χ2n) is 3.61. The summed E-state index contributed by atoms with van der Waals surface area (Å²) in [6, 6.07) is 5.52. The molecule has 0 saturated carbocycles. The van der Waals surface area contributed by atoms with Gasteiger partial charge >= 0.3 is 0 Å². The van der Waals surface area contributed by atoms with Crippen molar-refractivity contribution in [2.75, 3.05) is 0 Å². The van der Waals surface area contributed by atoms with E-state index in [0.717, 1.165) is 17.0 Å². The Balaban J connectivity index is 2.27. The molecule has 3 rings (SSSR count). The number of aromatic nitrogens is 5. The minimum Gasteiger partial charge on any atom is -0.235 e. The summed E-state index contributed by atoms with van der Waals surface area (Å²) in [6.45, 7) is 1.93. The lowest BCUT2D eigenvalue weighted by Gasteiger charge is -2.00. The van der Waals surface area contributed by atoms with Crippen LogP contribution in [-0.4, -0.2) is 24.6 Å². The molecule has 0 aliphatic carbocycles. The summed E-state index contributed by atoms with van der Waals surface area (Å²) in [5, 5.41) is 4.79. The molecular formula is C11H8ClN5. The van der Waals surface area contributed by atoms with Crippen LogP contribution < -0.4 is 0 Å². The van der Waals surface area contributed by atoms with Crippen molar-refractivity contribution in [3.05, 3.63) is 41.6 Å². The van der Waals surface area contributed by atoms with E-state index in [1.165, 1.54) is 6.33 Å². The standard InChI is InChI=1S/C11H8ClN5/c1-7-2-3-11-13-5-9(17(11)16-7)8-4-10(12)15-6-14-8/h2-6H,1H3. The van der Waals surface area contributed by atoms with Gasteiger partial charge in [0.25, 0.3) is 0 Å². The van der Waals surface area contributed by atoms with Gasteiger partial charge in [-0.25, -0.2) is 19.5 Å². The summed E-state index contributed by atoms with van der Waals surface area (Å²) in [5.41, 5.74) is 3.20. The highest BCUT2D eigenvalue weighted by Crippen LogP contribution is 2.19. The van der Waals surface area contributed by atoms with Crippen LogP contribution in [-0.2, 0) is 0 Å². The number of fused-ring (bicyclic) bond motifs is 1. The molecule has 6 heteroatoms. The molecule has 0 saturated heterocycles. The maximum absolute atomic E-state index is 5.84. The average Bonchev–Trinajstić information content (AvgIpc) is 2.71. The summed E-state index contributed by atoms with van der Waals surface area (Å²) >= 11 is 5.84. The third-order valence-corrected chi connectivity index (χ3v) is 2.60. The molecule has 0 aromatic carbocycles. The largest absolute Gasteiger partial charge is 0.235 e. The molecular weight excluding hydrogens is 238 g/mol. The molecule has 3 aromatic rings. The number of hydrogen-bond acceptors (Lipinski definition) is 4. The van der Waals surface area contributed by atoms with Crippen molar-refractivity contribution in [1.82, 2.24) is 24.6 Å². The number of nitrogens with zero attached hydrogens (tertiary/aromatic N) is 5. The van der Waals surface area contributed by atoms with Gasteiger partial charge in [-0.15, -0.1) is 0 Å². The van der Waals surface area contributed by atoms with Gasteiger partial charge in [0.15, 0.2) is 5.65 Å². The Labute approximate surface area is 102 Å². The van der Waals surface area contributed by atoms with Crippen molar-refractivity contribution >= 4 is 17.2 Å². The van der Waals surface area contributed by atoms with Crippen molar-refractivity contribution in [1.29, 1.82) is 0 Å². The van der Waals surface area contributed by atoms with Gasteiger partial charge in [0.1, 0.15) is 17.2 Å². The molecule has 17 heavy (non-hydrogen) atoms. The Kier molecular flexibility index (Phi) is 2.26. The Bertz CT molecular complexity index is 691. The van der Waals surface area contributed by atoms with Crippen LogP contribution in [0.3, 0.4) is 0 Å². The second-order valence-corrected chi connectivity index (χ2v) is 4.00. The number of rotatable bonds is 1. The zero-order valence-corrected chi connectivity index (χ0v) is 9.76. The first-order chi connectivity index (χ1) is 8.24. The number of hydrogen-bond donors (Lipinski definition) is 0. The molecule has 0 radical (unpaired) electrons. The van der Waals surface area contributed by atoms with E-state index in [0.29, 0.717) is 10.8 Å². The van der Waals surface area contributed by atoms with Crippen LogP contribution in [0.25, 0.3) is 17.0 Å². The van der Waals surface area contributed by atoms with Gasteiger partial charge in [-0.2, -0.15) is 5.10 Å². The second kappa shape index (κ2) is 3.78. The zero-order valence-electron chi connectivity index (χ0n) is 9.00. The van der Waals surface area contributed by atoms with Crippen molar-refractivity contribution in [3.63, 3.8) is 0 Å². The third-order valence-electron chi connectivity index (χ3n) is 2.39. The highest BCUT2D eigenvalue weighted by atomic mass is 35.5. The molecule has 0 fully saturated rings. The van der Waals surface area contributed by atoms with Crippen LogP contribution in [0, 0.1) is 6.92 Å². The molecule has 0 bridgehead atoms. The summed E-state index contributed by atoms with van der Waals surface area (Å²) in [7, 11) is 0. The maximum atomic E-state index is 5.84. The Morgan fingerprint density at radius 1 is 1.18 bits per heavy atom. The highest BCUT2D eigenvalue weighted by molar-refractivity contribution is 6.29. The first-order valence-corrected chi connectivity index (χ1v) is 5.41. The summed E-state index contributed by atoms with van der Waals surface area (Å²) in [5.74, 6) is 0. The fourth-order valence-corrected chi connectivity index (χ4v) is 1.76. The van der Waals surface area contributed by atoms with Gasteiger partial charge in [0, 0.05) is 6.07 Å². The quantitative estimate of drug-likeness (QED) is 0.617. The first kappa shape index (κ1) is 10.2. The van der Waals surface area contributed by atoms with Gasteiger partial charge in [0.2, 0.25) is 0 Å². The van der Waals surface area contributed by atoms with Crippen molar-refractivity contribution in [2.24, 2.45) is 0 Å². The molecule has 0 amide bonds. The smallest absolute Gasteiger partial charge is 0.154 e. The van der Waals surface area contributed by atoms with E-state index in [1.54, 1.807) is 16.8 Å². The predicted octanol–water partition coefficient (Wildman–Crippen LogP) is 2.15. The molecule has 0 aliphatic rings. The molecule has 0 atom stereocenters. The van der Waals surface area contributed by atoms with Crippen molar-refractivity contribution in [2.45, 2.75) is 6.92 Å². The van der Waals surface area contributed by atoms with Gasteiger partial charge < -0.3 is 0 Å². The number of halogens is 1. The lowest BCUT2D eigenvalue weighted by Crippen LogP contribution is -1.97. The van der Waals surface area contributed by atoms with E-state index in [-0.39, 0.29) is 0 Å². The first-order valence-electron chi connectivity index (χ1n) is 5.03. The number of aryl methyl sites for hydroxylation is 1. The lowest BCUT2D eigenvalue weighted by atomic mass is 10.3. The Hall–Kier alpha value is -2.01. The average molecular weight is 246 g/mol. The van der Waals surface area contributed by atoms with Crippen LogP contribution in [0.5, 0.6) is 0 Å². The van der Waals surface area contributed by atoms with E-state index in [9.17, 15) is 0 Å². The van der Waals surface area contributed by atoms with Crippen molar-refractivity contribution in [3.8, 4) is 11.4 Å². The number of imidazole rings is 1. The molecule has 0 spiro atoms. The third kappa shape index (κ3) is 1.74. The van der Waals surface area contributed by atoms with Crippen LogP contribution in [0.4, 0.5) is 0 Å². The maximum Gasteiger partial charge on any atom is 0.154 e. The van der Waals surface area contributed by atoms with Crippen LogP contribution in [0.15, 0.2) is 30.7 Å². The summed E-state index contributed by atoms with van der Waals surface area (Å²) in [6.07, 6.45) is 3.15. The van der Waals surface area contributed by atoms with Gasteiger partial charge in [-0.3, -0.25) is 0 Å². The van der Waals surface area contributed by atoms with E-state index in [2.05, 4.69) is 20.1 Å². The van der Waals surface area contributed by atoms with Crippen LogP contribution >= 0.6 is 11.6 Å². The zero-order chi connectivity index (χ0) is 11.8. The molecule has 0 N–H and O–H groups in total. The fraction of sp³-hybridized carbons (Fsp3) is 0.0909. The predicted molar refractivity (Wildman–Crippen MR) is 63.8 cm³/mol. The molecule has 84 valence electrons. The summed E-state index contributed by atoms with van der Waals surface area (Å²) in [4.78, 5) is 12.3. The van der Waals surface area contributed by atoms with E-state index >= 15 is 0 Å². The highest BCUT2D eigenvalue weighted by Gasteiger charge is 2.08. The van der Waals surface area contributed by atoms with Crippen molar-refractivity contribution < 1.29 is 0 Å². The topological polar surface area (TPSA) is 56.0 Å². The molecule has 5 nitrogen and oxygen atoms in total. The van der Waals surface area contributed by atoms with E-state index in [4.69, 9.17) is 11.6 Å². The normalized spacial score (nSPS) is 10.9. The van der Waals surface area contributed by atoms with Crippen LogP contribution in [0.2, 0.25) is 5.15 Å². The molecule has 3 aromatic heterocycles.